The lowest BCUT2D eigenvalue weighted by atomic mass is 10.2. The predicted octanol–water partition coefficient (Wildman–Crippen LogP) is 2.48. The lowest BCUT2D eigenvalue weighted by molar-refractivity contribution is 0.174. The highest BCUT2D eigenvalue weighted by Gasteiger charge is 2.20. The van der Waals surface area contributed by atoms with E-state index in [1.54, 1.807) is 4.68 Å². The largest absolute Gasteiger partial charge is 0.454 e. The van der Waals surface area contributed by atoms with Crippen molar-refractivity contribution in [2.24, 2.45) is 7.05 Å². The Hall–Kier alpha value is -2.83. The number of aromatic nitrogens is 4. The van der Waals surface area contributed by atoms with E-state index in [4.69, 9.17) is 13.9 Å². The summed E-state index contributed by atoms with van der Waals surface area (Å²) in [4.78, 5) is 0. The van der Waals surface area contributed by atoms with Crippen molar-refractivity contribution in [2.45, 2.75) is 13.8 Å². The minimum Gasteiger partial charge on any atom is -0.454 e. The summed E-state index contributed by atoms with van der Waals surface area (Å²) in [5, 5.41) is 12.6. The van der Waals surface area contributed by atoms with Crippen LogP contribution in [0.15, 0.2) is 22.6 Å². The van der Waals surface area contributed by atoms with Gasteiger partial charge in [0.15, 0.2) is 11.5 Å². The molecule has 0 fully saturated rings. The molecule has 0 aliphatic carbocycles. The van der Waals surface area contributed by atoms with Gasteiger partial charge < -0.3 is 13.9 Å². The summed E-state index contributed by atoms with van der Waals surface area (Å²) >= 11 is 0. The van der Waals surface area contributed by atoms with Crippen molar-refractivity contribution in [2.75, 3.05) is 6.79 Å². The number of nitrogens with zero attached hydrogens (tertiary/aromatic N) is 4. The molecule has 0 saturated carbocycles. The lowest BCUT2D eigenvalue weighted by Crippen LogP contribution is -1.92. The van der Waals surface area contributed by atoms with Gasteiger partial charge >= 0.3 is 0 Å². The van der Waals surface area contributed by atoms with Gasteiger partial charge in [0, 0.05) is 18.3 Å². The van der Waals surface area contributed by atoms with Gasteiger partial charge in [0.05, 0.1) is 11.3 Å². The molecule has 1 aliphatic rings. The zero-order valence-electron chi connectivity index (χ0n) is 12.5. The SMILES string of the molecule is Cc1nn(C)c(C)c1-c1nnc(-c2ccc3c(c2)OCO3)o1. The van der Waals surface area contributed by atoms with Crippen molar-refractivity contribution in [1.29, 1.82) is 0 Å². The molecule has 0 spiro atoms. The van der Waals surface area contributed by atoms with Gasteiger partial charge in [-0.2, -0.15) is 5.10 Å². The predicted molar refractivity (Wildman–Crippen MR) is 77.5 cm³/mol. The molecule has 112 valence electrons. The van der Waals surface area contributed by atoms with Gasteiger partial charge in [0.1, 0.15) is 0 Å². The summed E-state index contributed by atoms with van der Waals surface area (Å²) in [7, 11) is 1.89. The summed E-state index contributed by atoms with van der Waals surface area (Å²) in [5.41, 5.74) is 3.52. The van der Waals surface area contributed by atoms with E-state index in [2.05, 4.69) is 15.3 Å². The van der Waals surface area contributed by atoms with Gasteiger partial charge in [-0.25, -0.2) is 0 Å². The Bertz CT molecular complexity index is 866. The van der Waals surface area contributed by atoms with Gasteiger partial charge in [0.2, 0.25) is 12.7 Å². The van der Waals surface area contributed by atoms with Crippen LogP contribution in [-0.2, 0) is 7.05 Å². The minimum atomic E-state index is 0.238. The molecule has 0 radical (unpaired) electrons. The van der Waals surface area contributed by atoms with Crippen LogP contribution in [0.25, 0.3) is 22.9 Å². The number of aryl methyl sites for hydroxylation is 2. The van der Waals surface area contributed by atoms with E-state index in [0.717, 1.165) is 28.3 Å². The van der Waals surface area contributed by atoms with Crippen molar-refractivity contribution >= 4 is 0 Å². The van der Waals surface area contributed by atoms with Gasteiger partial charge in [0.25, 0.3) is 5.89 Å². The summed E-state index contributed by atoms with van der Waals surface area (Å²) in [5.74, 6) is 2.32. The molecule has 7 heteroatoms. The Morgan fingerprint density at radius 3 is 2.59 bits per heavy atom. The fraction of sp³-hybridized carbons (Fsp3) is 0.267. The average molecular weight is 298 g/mol. The molecule has 1 aliphatic heterocycles. The highest BCUT2D eigenvalue weighted by molar-refractivity contribution is 5.64. The molecule has 4 rings (SSSR count). The number of hydrogen-bond donors (Lipinski definition) is 0. The van der Waals surface area contributed by atoms with E-state index in [-0.39, 0.29) is 6.79 Å². The zero-order valence-corrected chi connectivity index (χ0v) is 12.5. The minimum absolute atomic E-state index is 0.238. The first kappa shape index (κ1) is 12.9. The molecule has 0 bridgehead atoms. The highest BCUT2D eigenvalue weighted by Crippen LogP contribution is 2.36. The Morgan fingerprint density at radius 1 is 1.05 bits per heavy atom. The molecule has 1 aromatic carbocycles. The molecule has 2 aromatic heterocycles. The molecule has 7 nitrogen and oxygen atoms in total. The first-order chi connectivity index (χ1) is 10.6. The normalized spacial score (nSPS) is 12.9. The van der Waals surface area contributed by atoms with E-state index in [0.29, 0.717) is 17.5 Å². The van der Waals surface area contributed by atoms with Gasteiger partial charge in [-0.05, 0) is 32.0 Å². The number of rotatable bonds is 2. The van der Waals surface area contributed by atoms with E-state index >= 15 is 0 Å². The number of benzene rings is 1. The third kappa shape index (κ3) is 1.86. The molecule has 0 atom stereocenters. The average Bonchev–Trinajstić information content (AvgIpc) is 3.19. The molecule has 3 aromatic rings. The third-order valence-electron chi connectivity index (χ3n) is 3.77. The maximum atomic E-state index is 5.82. The first-order valence-electron chi connectivity index (χ1n) is 6.87. The Balaban J connectivity index is 1.75. The Labute approximate surface area is 126 Å². The van der Waals surface area contributed by atoms with Gasteiger partial charge in [-0.15, -0.1) is 10.2 Å². The molecule has 0 amide bonds. The molecule has 0 saturated heterocycles. The maximum absolute atomic E-state index is 5.82. The second kappa shape index (κ2) is 4.59. The van der Waals surface area contributed by atoms with Crippen LogP contribution in [0.2, 0.25) is 0 Å². The topological polar surface area (TPSA) is 75.2 Å². The van der Waals surface area contributed by atoms with E-state index in [1.165, 1.54) is 0 Å². The third-order valence-corrected chi connectivity index (χ3v) is 3.77. The monoisotopic (exact) mass is 298 g/mol. The smallest absolute Gasteiger partial charge is 0.251 e. The van der Waals surface area contributed by atoms with Crippen molar-refractivity contribution in [3.8, 4) is 34.4 Å². The van der Waals surface area contributed by atoms with Crippen LogP contribution in [0.3, 0.4) is 0 Å². The summed E-state index contributed by atoms with van der Waals surface area (Å²) < 4.78 is 18.3. The number of fused-ring (bicyclic) bond motifs is 1. The summed E-state index contributed by atoms with van der Waals surface area (Å²) in [6.07, 6.45) is 0. The molecular formula is C15H14N4O3. The first-order valence-corrected chi connectivity index (χ1v) is 6.87. The van der Waals surface area contributed by atoms with Crippen LogP contribution in [0.1, 0.15) is 11.4 Å². The van der Waals surface area contributed by atoms with Gasteiger partial charge in [-0.3, -0.25) is 4.68 Å². The molecule has 0 unspecified atom stereocenters. The second-order valence-corrected chi connectivity index (χ2v) is 5.15. The maximum Gasteiger partial charge on any atom is 0.251 e. The highest BCUT2D eigenvalue weighted by atomic mass is 16.7. The molecular weight excluding hydrogens is 284 g/mol. The van der Waals surface area contributed by atoms with Crippen molar-refractivity contribution in [3.63, 3.8) is 0 Å². The van der Waals surface area contributed by atoms with E-state index < -0.39 is 0 Å². The fourth-order valence-electron chi connectivity index (χ4n) is 2.55. The summed E-state index contributed by atoms with van der Waals surface area (Å²) in [6.45, 7) is 4.13. The molecule has 3 heterocycles. The van der Waals surface area contributed by atoms with E-state index in [9.17, 15) is 0 Å². The molecule has 22 heavy (non-hydrogen) atoms. The Morgan fingerprint density at radius 2 is 1.82 bits per heavy atom. The van der Waals surface area contributed by atoms with Crippen molar-refractivity contribution < 1.29 is 13.9 Å². The van der Waals surface area contributed by atoms with Crippen LogP contribution < -0.4 is 9.47 Å². The van der Waals surface area contributed by atoms with Crippen LogP contribution in [0.4, 0.5) is 0 Å². The van der Waals surface area contributed by atoms with Crippen LogP contribution in [-0.4, -0.2) is 26.8 Å². The van der Waals surface area contributed by atoms with E-state index in [1.807, 2.05) is 39.1 Å². The number of hydrogen-bond acceptors (Lipinski definition) is 6. The second-order valence-electron chi connectivity index (χ2n) is 5.15. The zero-order chi connectivity index (χ0) is 15.3. The fourth-order valence-corrected chi connectivity index (χ4v) is 2.55. The standard InChI is InChI=1S/C15H14N4O3/c1-8-13(9(2)19(3)18-8)15-17-16-14(22-15)10-4-5-11-12(6-10)21-7-20-11/h4-6H,7H2,1-3H3. The Kier molecular flexibility index (Phi) is 2.69. The number of ether oxygens (including phenoxy) is 2. The van der Waals surface area contributed by atoms with Crippen LogP contribution in [0, 0.1) is 13.8 Å². The van der Waals surface area contributed by atoms with Gasteiger partial charge in [-0.1, -0.05) is 0 Å². The lowest BCUT2D eigenvalue weighted by Gasteiger charge is -1.98. The quantitative estimate of drug-likeness (QED) is 0.723. The van der Waals surface area contributed by atoms with Crippen molar-refractivity contribution in [1.82, 2.24) is 20.0 Å². The molecule has 0 N–H and O–H groups in total. The van der Waals surface area contributed by atoms with Crippen LogP contribution >= 0.6 is 0 Å². The van der Waals surface area contributed by atoms with Crippen LogP contribution in [0.5, 0.6) is 11.5 Å². The summed E-state index contributed by atoms with van der Waals surface area (Å²) in [6, 6.07) is 5.54. The van der Waals surface area contributed by atoms with Crippen molar-refractivity contribution in [3.05, 3.63) is 29.6 Å².